The second-order valence-corrected chi connectivity index (χ2v) is 4.59. The van der Waals surface area contributed by atoms with E-state index in [9.17, 15) is 4.79 Å². The van der Waals surface area contributed by atoms with E-state index in [0.717, 1.165) is 0 Å². The van der Waals surface area contributed by atoms with E-state index in [1.165, 1.54) is 0 Å². The summed E-state index contributed by atoms with van der Waals surface area (Å²) in [4.78, 5) is 12.2. The van der Waals surface area contributed by atoms with Crippen LogP contribution in [0.4, 0.5) is 5.69 Å². The third-order valence-electron chi connectivity index (χ3n) is 3.03. The molecule has 1 unspecified atom stereocenters. The molecule has 5 heteroatoms. The molecule has 2 aromatic rings. The molecule has 0 fully saturated rings. The second-order valence-electron chi connectivity index (χ2n) is 4.59. The van der Waals surface area contributed by atoms with Gasteiger partial charge in [0.1, 0.15) is 11.5 Å². The Morgan fingerprint density at radius 3 is 2.50 bits per heavy atom. The summed E-state index contributed by atoms with van der Waals surface area (Å²) in [6.45, 7) is 1.66. The summed E-state index contributed by atoms with van der Waals surface area (Å²) in [5.41, 5.74) is 1.13. The van der Waals surface area contributed by atoms with Crippen LogP contribution in [0.5, 0.6) is 11.5 Å². The van der Waals surface area contributed by atoms with Gasteiger partial charge in [0.05, 0.1) is 24.4 Å². The Balaban J connectivity index is 2.01. The molecular formula is C17H16N2O3. The van der Waals surface area contributed by atoms with Gasteiger partial charge in [0, 0.05) is 0 Å². The van der Waals surface area contributed by atoms with E-state index in [1.54, 1.807) is 50.4 Å². The molecule has 5 nitrogen and oxygen atoms in total. The molecule has 2 rings (SSSR count). The predicted molar refractivity (Wildman–Crippen MR) is 82.9 cm³/mol. The van der Waals surface area contributed by atoms with Gasteiger partial charge in [0.2, 0.25) is 0 Å². The Hall–Kier alpha value is -3.00. The van der Waals surface area contributed by atoms with Crippen LogP contribution in [0.25, 0.3) is 0 Å². The number of amides is 1. The lowest BCUT2D eigenvalue weighted by atomic mass is 10.2. The highest BCUT2D eigenvalue weighted by atomic mass is 16.5. The van der Waals surface area contributed by atoms with Gasteiger partial charge in [-0.2, -0.15) is 5.26 Å². The topological polar surface area (TPSA) is 71.3 Å². The molecule has 0 saturated heterocycles. The third kappa shape index (κ3) is 3.76. The standard InChI is InChI=1S/C17H16N2O3/c1-12(22-14-9-7-13(11-18)8-10-14)17(20)19-15-5-3-4-6-16(15)21-2/h3-10,12H,1-2H3,(H,19,20). The van der Waals surface area contributed by atoms with Crippen molar-refractivity contribution in [1.29, 1.82) is 5.26 Å². The Morgan fingerprint density at radius 1 is 1.18 bits per heavy atom. The number of rotatable bonds is 5. The van der Waals surface area contributed by atoms with E-state index < -0.39 is 6.10 Å². The van der Waals surface area contributed by atoms with E-state index in [0.29, 0.717) is 22.7 Å². The van der Waals surface area contributed by atoms with Crippen molar-refractivity contribution < 1.29 is 14.3 Å². The molecule has 1 amide bonds. The van der Waals surface area contributed by atoms with Crippen molar-refractivity contribution >= 4 is 11.6 Å². The molecule has 0 aromatic heterocycles. The summed E-state index contributed by atoms with van der Waals surface area (Å²) in [7, 11) is 1.54. The molecule has 1 atom stereocenters. The number of hydrogen-bond donors (Lipinski definition) is 1. The molecule has 0 saturated carbocycles. The molecule has 0 radical (unpaired) electrons. The fourth-order valence-corrected chi connectivity index (χ4v) is 1.85. The quantitative estimate of drug-likeness (QED) is 0.920. The Labute approximate surface area is 129 Å². The maximum absolute atomic E-state index is 12.2. The minimum absolute atomic E-state index is 0.283. The van der Waals surface area contributed by atoms with Crippen molar-refractivity contribution in [3.8, 4) is 17.6 Å². The zero-order chi connectivity index (χ0) is 15.9. The van der Waals surface area contributed by atoms with Crippen LogP contribution in [0, 0.1) is 11.3 Å². The summed E-state index contributed by atoms with van der Waals surface area (Å²) in [6, 6.07) is 15.8. The van der Waals surface area contributed by atoms with Crippen molar-refractivity contribution in [3.63, 3.8) is 0 Å². The first-order chi connectivity index (χ1) is 10.6. The highest BCUT2D eigenvalue weighted by Gasteiger charge is 2.16. The molecule has 0 bridgehead atoms. The predicted octanol–water partition coefficient (Wildman–Crippen LogP) is 2.97. The second kappa shape index (κ2) is 7.14. The van der Waals surface area contributed by atoms with Crippen molar-refractivity contribution in [2.45, 2.75) is 13.0 Å². The fraction of sp³-hybridized carbons (Fsp3) is 0.176. The van der Waals surface area contributed by atoms with Crippen LogP contribution < -0.4 is 14.8 Å². The zero-order valence-corrected chi connectivity index (χ0v) is 12.4. The number of nitrogens with one attached hydrogen (secondary N) is 1. The number of nitriles is 1. The van der Waals surface area contributed by atoms with Gasteiger partial charge in [-0.05, 0) is 43.3 Å². The van der Waals surface area contributed by atoms with Gasteiger partial charge in [-0.3, -0.25) is 4.79 Å². The first-order valence-electron chi connectivity index (χ1n) is 6.74. The minimum Gasteiger partial charge on any atom is -0.495 e. The van der Waals surface area contributed by atoms with Gasteiger partial charge < -0.3 is 14.8 Å². The third-order valence-corrected chi connectivity index (χ3v) is 3.03. The number of methoxy groups -OCH3 is 1. The van der Waals surface area contributed by atoms with Crippen LogP contribution in [0.1, 0.15) is 12.5 Å². The van der Waals surface area contributed by atoms with Gasteiger partial charge in [0.25, 0.3) is 5.91 Å². The maximum Gasteiger partial charge on any atom is 0.265 e. The lowest BCUT2D eigenvalue weighted by molar-refractivity contribution is -0.122. The van der Waals surface area contributed by atoms with Crippen molar-refractivity contribution in [2.24, 2.45) is 0 Å². The minimum atomic E-state index is -0.683. The average Bonchev–Trinajstić information content (AvgIpc) is 2.56. The van der Waals surface area contributed by atoms with Gasteiger partial charge in [-0.1, -0.05) is 12.1 Å². The summed E-state index contributed by atoms with van der Waals surface area (Å²) < 4.78 is 10.7. The first kappa shape index (κ1) is 15.4. The smallest absolute Gasteiger partial charge is 0.265 e. The van der Waals surface area contributed by atoms with E-state index in [1.807, 2.05) is 18.2 Å². The Morgan fingerprint density at radius 2 is 1.86 bits per heavy atom. The largest absolute Gasteiger partial charge is 0.495 e. The molecule has 0 spiro atoms. The van der Waals surface area contributed by atoms with Gasteiger partial charge in [0.15, 0.2) is 6.10 Å². The van der Waals surface area contributed by atoms with Crippen LogP contribution >= 0.6 is 0 Å². The van der Waals surface area contributed by atoms with Gasteiger partial charge in [-0.15, -0.1) is 0 Å². The van der Waals surface area contributed by atoms with Crippen molar-refractivity contribution in [1.82, 2.24) is 0 Å². The SMILES string of the molecule is COc1ccccc1NC(=O)C(C)Oc1ccc(C#N)cc1. The highest BCUT2D eigenvalue weighted by Crippen LogP contribution is 2.23. The summed E-state index contributed by atoms with van der Waals surface area (Å²) >= 11 is 0. The number of benzene rings is 2. The van der Waals surface area contributed by atoms with Crippen LogP contribution in [0.3, 0.4) is 0 Å². The molecule has 0 aliphatic heterocycles. The number of carbonyl (C=O) groups excluding carboxylic acids is 1. The van der Waals surface area contributed by atoms with E-state index >= 15 is 0 Å². The number of anilines is 1. The number of hydrogen-bond acceptors (Lipinski definition) is 4. The van der Waals surface area contributed by atoms with E-state index in [4.69, 9.17) is 14.7 Å². The van der Waals surface area contributed by atoms with Gasteiger partial charge >= 0.3 is 0 Å². The number of carbonyl (C=O) groups is 1. The monoisotopic (exact) mass is 296 g/mol. The number of ether oxygens (including phenoxy) is 2. The van der Waals surface area contributed by atoms with Crippen molar-refractivity contribution in [2.75, 3.05) is 12.4 Å². The van der Waals surface area contributed by atoms with Crippen molar-refractivity contribution in [3.05, 3.63) is 54.1 Å². The highest BCUT2D eigenvalue weighted by molar-refractivity contribution is 5.95. The number of nitrogens with zero attached hydrogens (tertiary/aromatic N) is 1. The average molecular weight is 296 g/mol. The summed E-state index contributed by atoms with van der Waals surface area (Å²) in [6.07, 6.45) is -0.683. The van der Waals surface area contributed by atoms with Crippen LogP contribution in [0.2, 0.25) is 0 Å². The molecular weight excluding hydrogens is 280 g/mol. The summed E-state index contributed by atoms with van der Waals surface area (Å²) in [5.74, 6) is 0.831. The lowest BCUT2D eigenvalue weighted by Crippen LogP contribution is -2.30. The normalized spacial score (nSPS) is 11.1. The summed E-state index contributed by atoms with van der Waals surface area (Å²) in [5, 5.41) is 11.5. The zero-order valence-electron chi connectivity index (χ0n) is 12.4. The lowest BCUT2D eigenvalue weighted by Gasteiger charge is -2.16. The molecule has 22 heavy (non-hydrogen) atoms. The molecule has 2 aromatic carbocycles. The molecule has 0 aliphatic carbocycles. The Kier molecular flexibility index (Phi) is 4.99. The molecule has 112 valence electrons. The fourth-order valence-electron chi connectivity index (χ4n) is 1.85. The molecule has 0 heterocycles. The van der Waals surface area contributed by atoms with Crippen LogP contribution in [-0.4, -0.2) is 19.1 Å². The molecule has 1 N–H and O–H groups in total. The van der Waals surface area contributed by atoms with Crippen LogP contribution in [-0.2, 0) is 4.79 Å². The number of para-hydroxylation sites is 2. The molecule has 0 aliphatic rings. The van der Waals surface area contributed by atoms with Gasteiger partial charge in [-0.25, -0.2) is 0 Å². The first-order valence-corrected chi connectivity index (χ1v) is 6.74. The maximum atomic E-state index is 12.2. The Bertz CT molecular complexity index is 690. The van der Waals surface area contributed by atoms with E-state index in [-0.39, 0.29) is 5.91 Å². The van der Waals surface area contributed by atoms with E-state index in [2.05, 4.69) is 5.32 Å². The van der Waals surface area contributed by atoms with Crippen LogP contribution in [0.15, 0.2) is 48.5 Å².